The van der Waals surface area contributed by atoms with Crippen molar-refractivity contribution in [2.45, 2.75) is 25.8 Å². The van der Waals surface area contributed by atoms with E-state index in [-0.39, 0.29) is 0 Å². The number of nitrogens with zero attached hydrogens (tertiary/aromatic N) is 5. The molecule has 0 spiro atoms. The first-order valence-corrected chi connectivity index (χ1v) is 8.96. The number of hydrogen-bond donors (Lipinski definition) is 1. The first kappa shape index (κ1) is 16.8. The topological polar surface area (TPSA) is 67.6 Å². The van der Waals surface area contributed by atoms with Crippen molar-refractivity contribution in [2.75, 3.05) is 32.6 Å². The molecule has 1 aliphatic heterocycles. The largest absolute Gasteiger partial charge is 0.496 e. The lowest BCUT2D eigenvalue weighted by Crippen LogP contribution is -2.40. The first-order chi connectivity index (χ1) is 12.7. The Morgan fingerprint density at radius 2 is 2.15 bits per heavy atom. The molecule has 3 heterocycles. The van der Waals surface area contributed by atoms with Gasteiger partial charge in [0.2, 0.25) is 0 Å². The Morgan fingerprint density at radius 1 is 1.27 bits per heavy atom. The van der Waals surface area contributed by atoms with Crippen LogP contribution in [0.1, 0.15) is 18.4 Å². The number of benzene rings is 1. The molecule has 0 unspecified atom stereocenters. The van der Waals surface area contributed by atoms with Gasteiger partial charge in [0, 0.05) is 25.0 Å². The molecule has 1 aliphatic rings. The molecule has 26 heavy (non-hydrogen) atoms. The fraction of sp³-hybridized carbons (Fsp3) is 0.421. The molecule has 0 amide bonds. The first-order valence-electron chi connectivity index (χ1n) is 8.96. The molecular formula is C19H24N6O. The molecule has 0 aliphatic carbocycles. The lowest BCUT2D eigenvalue weighted by atomic mass is 10.1. The minimum atomic E-state index is 0.363. The summed E-state index contributed by atoms with van der Waals surface area (Å²) in [6.07, 6.45) is 6.02. The summed E-state index contributed by atoms with van der Waals surface area (Å²) in [5, 5.41) is 12.5. The number of rotatable bonds is 4. The highest BCUT2D eigenvalue weighted by Crippen LogP contribution is 2.32. The Hall–Kier alpha value is -2.67. The van der Waals surface area contributed by atoms with Crippen molar-refractivity contribution in [2.24, 2.45) is 0 Å². The quantitative estimate of drug-likeness (QED) is 0.778. The second-order valence-electron chi connectivity index (χ2n) is 6.89. The van der Waals surface area contributed by atoms with Crippen LogP contribution in [0.4, 0.5) is 5.82 Å². The molecule has 3 aromatic rings. The smallest absolute Gasteiger partial charge is 0.192 e. The van der Waals surface area contributed by atoms with E-state index in [0.717, 1.165) is 53.7 Å². The van der Waals surface area contributed by atoms with Crippen molar-refractivity contribution >= 4 is 11.5 Å². The van der Waals surface area contributed by atoms with Gasteiger partial charge in [0.05, 0.1) is 12.7 Å². The maximum absolute atomic E-state index is 5.55. The monoisotopic (exact) mass is 352 g/mol. The molecule has 136 valence electrons. The molecule has 4 rings (SSSR count). The van der Waals surface area contributed by atoms with Crippen molar-refractivity contribution in [3.63, 3.8) is 0 Å². The molecule has 1 saturated heterocycles. The van der Waals surface area contributed by atoms with Gasteiger partial charge in [-0.3, -0.25) is 4.40 Å². The van der Waals surface area contributed by atoms with Crippen LogP contribution in [0.5, 0.6) is 5.75 Å². The molecule has 0 saturated carbocycles. The normalized spacial score (nSPS) is 18.2. The summed E-state index contributed by atoms with van der Waals surface area (Å²) in [5.41, 5.74) is 2.81. The van der Waals surface area contributed by atoms with Crippen molar-refractivity contribution in [1.29, 1.82) is 0 Å². The standard InChI is InChI=1S/C19H24N6O/c1-13-6-4-8-15(26-3)16(13)18-23-22-17(19-20-9-11-25(18)19)21-14-7-5-10-24(2)12-14/h4,6,8-9,11,14H,5,7,10,12H2,1-3H3,(H,21,22)/t14-/m1/s1. The number of ether oxygens (including phenoxy) is 1. The van der Waals surface area contributed by atoms with Crippen LogP contribution in [0.3, 0.4) is 0 Å². The lowest BCUT2D eigenvalue weighted by Gasteiger charge is -2.30. The number of fused-ring (bicyclic) bond motifs is 1. The van der Waals surface area contributed by atoms with E-state index in [4.69, 9.17) is 4.74 Å². The van der Waals surface area contributed by atoms with Gasteiger partial charge in [-0.15, -0.1) is 10.2 Å². The van der Waals surface area contributed by atoms with E-state index in [2.05, 4.69) is 32.4 Å². The number of aryl methyl sites for hydroxylation is 1. The van der Waals surface area contributed by atoms with Gasteiger partial charge < -0.3 is 15.0 Å². The highest BCUT2D eigenvalue weighted by molar-refractivity contribution is 5.73. The van der Waals surface area contributed by atoms with Crippen LogP contribution in [-0.4, -0.2) is 57.8 Å². The van der Waals surface area contributed by atoms with E-state index in [1.807, 2.05) is 35.7 Å². The Bertz CT molecular complexity index is 922. The SMILES string of the molecule is COc1cccc(C)c1-c1nnc(N[C@@H]2CCCN(C)C2)c2nccn12. The zero-order valence-electron chi connectivity index (χ0n) is 15.4. The summed E-state index contributed by atoms with van der Waals surface area (Å²) >= 11 is 0. The summed E-state index contributed by atoms with van der Waals surface area (Å²) < 4.78 is 7.53. The van der Waals surface area contributed by atoms with Gasteiger partial charge in [-0.25, -0.2) is 4.98 Å². The molecular weight excluding hydrogens is 328 g/mol. The van der Waals surface area contributed by atoms with E-state index < -0.39 is 0 Å². The van der Waals surface area contributed by atoms with Gasteiger partial charge in [-0.2, -0.15) is 0 Å². The van der Waals surface area contributed by atoms with Crippen molar-refractivity contribution in [3.05, 3.63) is 36.2 Å². The summed E-state index contributed by atoms with van der Waals surface area (Å²) in [6.45, 7) is 4.20. The van der Waals surface area contributed by atoms with Crippen molar-refractivity contribution in [3.8, 4) is 17.1 Å². The number of piperidine rings is 1. The third kappa shape index (κ3) is 2.99. The molecule has 7 heteroatoms. The molecule has 7 nitrogen and oxygen atoms in total. The predicted octanol–water partition coefficient (Wildman–Crippen LogP) is 2.61. The third-order valence-electron chi connectivity index (χ3n) is 4.97. The Morgan fingerprint density at radius 3 is 2.96 bits per heavy atom. The number of likely N-dealkylation sites (N-methyl/N-ethyl adjacent to an activating group) is 1. The minimum absolute atomic E-state index is 0.363. The van der Waals surface area contributed by atoms with E-state index in [1.54, 1.807) is 13.3 Å². The van der Waals surface area contributed by atoms with Crippen LogP contribution in [0.15, 0.2) is 30.6 Å². The zero-order valence-corrected chi connectivity index (χ0v) is 15.4. The molecule has 1 atom stereocenters. The van der Waals surface area contributed by atoms with Gasteiger partial charge in [0.15, 0.2) is 17.3 Å². The fourth-order valence-corrected chi connectivity index (χ4v) is 3.68. The van der Waals surface area contributed by atoms with Crippen molar-refractivity contribution in [1.82, 2.24) is 24.5 Å². The number of hydrogen-bond acceptors (Lipinski definition) is 6. The molecule has 1 aromatic carbocycles. The number of likely N-dealkylation sites (tertiary alicyclic amines) is 1. The van der Waals surface area contributed by atoms with E-state index in [9.17, 15) is 0 Å². The number of nitrogens with one attached hydrogen (secondary N) is 1. The Labute approximate surface area is 153 Å². The Balaban J connectivity index is 1.75. The molecule has 0 radical (unpaired) electrons. The Kier molecular flexibility index (Phi) is 4.46. The van der Waals surface area contributed by atoms with Crippen molar-refractivity contribution < 1.29 is 4.74 Å². The van der Waals surface area contributed by atoms with Gasteiger partial charge in [0.1, 0.15) is 5.75 Å². The predicted molar refractivity (Wildman–Crippen MR) is 102 cm³/mol. The van der Waals surface area contributed by atoms with E-state index in [1.165, 1.54) is 6.42 Å². The van der Waals surface area contributed by atoms with Gasteiger partial charge in [-0.05, 0) is 45.0 Å². The van der Waals surface area contributed by atoms with Gasteiger partial charge >= 0.3 is 0 Å². The van der Waals surface area contributed by atoms with Crippen LogP contribution < -0.4 is 10.1 Å². The van der Waals surface area contributed by atoms with Crippen LogP contribution in [-0.2, 0) is 0 Å². The third-order valence-corrected chi connectivity index (χ3v) is 4.97. The molecule has 2 aromatic heterocycles. The summed E-state index contributed by atoms with van der Waals surface area (Å²) in [5.74, 6) is 2.24. The summed E-state index contributed by atoms with van der Waals surface area (Å²) in [4.78, 5) is 6.86. The van der Waals surface area contributed by atoms with Crippen LogP contribution in [0.25, 0.3) is 17.0 Å². The highest BCUT2D eigenvalue weighted by Gasteiger charge is 2.21. The molecule has 1 fully saturated rings. The van der Waals surface area contributed by atoms with Gasteiger partial charge in [-0.1, -0.05) is 12.1 Å². The zero-order chi connectivity index (χ0) is 18.1. The fourth-order valence-electron chi connectivity index (χ4n) is 3.68. The van der Waals surface area contributed by atoms with Gasteiger partial charge in [0.25, 0.3) is 0 Å². The van der Waals surface area contributed by atoms with Crippen LogP contribution >= 0.6 is 0 Å². The maximum atomic E-state index is 5.55. The highest BCUT2D eigenvalue weighted by atomic mass is 16.5. The second-order valence-corrected chi connectivity index (χ2v) is 6.89. The summed E-state index contributed by atoms with van der Waals surface area (Å²) in [6, 6.07) is 6.33. The molecule has 1 N–H and O–H groups in total. The number of anilines is 1. The summed E-state index contributed by atoms with van der Waals surface area (Å²) in [7, 11) is 3.82. The average Bonchev–Trinajstić information content (AvgIpc) is 3.12. The van der Waals surface area contributed by atoms with Crippen LogP contribution in [0.2, 0.25) is 0 Å². The number of imidazole rings is 1. The van der Waals surface area contributed by atoms with Crippen LogP contribution in [0, 0.1) is 6.92 Å². The second kappa shape index (κ2) is 6.92. The number of methoxy groups -OCH3 is 1. The van der Waals surface area contributed by atoms with E-state index >= 15 is 0 Å². The average molecular weight is 352 g/mol. The molecule has 0 bridgehead atoms. The van der Waals surface area contributed by atoms with E-state index in [0.29, 0.717) is 6.04 Å². The minimum Gasteiger partial charge on any atom is -0.496 e. The lowest BCUT2D eigenvalue weighted by molar-refractivity contribution is 0.260. The maximum Gasteiger partial charge on any atom is 0.192 e. The number of aromatic nitrogens is 4.